The van der Waals surface area contributed by atoms with Gasteiger partial charge in [-0.05, 0) is 26.9 Å². The van der Waals surface area contributed by atoms with Gasteiger partial charge in [0.25, 0.3) is 0 Å². The molecule has 1 fully saturated rings. The Hall–Kier alpha value is 0.245. The van der Waals surface area contributed by atoms with Crippen LogP contribution in [0.1, 0.15) is 19.8 Å². The highest BCUT2D eigenvalue weighted by Gasteiger charge is 2.50. The Kier molecular flexibility index (Phi) is 3.53. The van der Waals surface area contributed by atoms with Gasteiger partial charge in [-0.15, -0.1) is 0 Å². The molecular formula is C8H14BF3OP+. The SMILES string of the molecule is [B][P+]1(CC(O)C(F)(F)F)CCCC1C. The van der Waals surface area contributed by atoms with Gasteiger partial charge in [0.05, 0.1) is 11.8 Å². The van der Waals surface area contributed by atoms with Gasteiger partial charge in [0.2, 0.25) is 0 Å². The van der Waals surface area contributed by atoms with E-state index >= 15 is 0 Å². The van der Waals surface area contributed by atoms with E-state index in [1.807, 2.05) is 6.92 Å². The predicted molar refractivity (Wildman–Crippen MR) is 53.2 cm³/mol. The Morgan fingerprint density at radius 3 is 2.50 bits per heavy atom. The lowest BCUT2D eigenvalue weighted by molar-refractivity contribution is -0.196. The van der Waals surface area contributed by atoms with Crippen molar-refractivity contribution < 1.29 is 18.3 Å². The average molecular weight is 225 g/mol. The molecule has 2 radical (unpaired) electrons. The van der Waals surface area contributed by atoms with Crippen molar-refractivity contribution in [1.82, 2.24) is 0 Å². The van der Waals surface area contributed by atoms with Crippen molar-refractivity contribution in [2.24, 2.45) is 0 Å². The minimum atomic E-state index is -4.52. The van der Waals surface area contributed by atoms with Gasteiger partial charge in [-0.1, -0.05) is 0 Å². The zero-order valence-corrected chi connectivity index (χ0v) is 8.98. The van der Waals surface area contributed by atoms with Gasteiger partial charge in [-0.2, -0.15) is 13.2 Å². The fourth-order valence-corrected chi connectivity index (χ4v) is 5.16. The molecule has 0 aromatic carbocycles. The van der Waals surface area contributed by atoms with Gasteiger partial charge in [0.15, 0.2) is 6.10 Å². The van der Waals surface area contributed by atoms with Crippen LogP contribution in [0.2, 0.25) is 0 Å². The molecule has 0 aromatic rings. The summed E-state index contributed by atoms with van der Waals surface area (Å²) in [6, 6.07) is 0. The maximum absolute atomic E-state index is 12.1. The fourth-order valence-electron chi connectivity index (χ4n) is 1.86. The second-order valence-corrected chi connectivity index (χ2v) is 7.96. The van der Waals surface area contributed by atoms with Crippen molar-refractivity contribution in [3.05, 3.63) is 0 Å². The molecule has 6 heteroatoms. The normalized spacial score (nSPS) is 35.9. The number of halogens is 3. The zero-order valence-electron chi connectivity index (χ0n) is 8.09. The van der Waals surface area contributed by atoms with Crippen molar-refractivity contribution in [3.8, 4) is 0 Å². The van der Waals surface area contributed by atoms with E-state index in [1.165, 1.54) is 0 Å². The highest BCUT2D eigenvalue weighted by Crippen LogP contribution is 2.65. The first kappa shape index (κ1) is 12.3. The van der Waals surface area contributed by atoms with E-state index in [0.29, 0.717) is 6.16 Å². The molecule has 1 aliphatic rings. The van der Waals surface area contributed by atoms with Crippen LogP contribution in [0, 0.1) is 0 Å². The zero-order chi connectivity index (χ0) is 11.0. The van der Waals surface area contributed by atoms with Crippen molar-refractivity contribution >= 4 is 14.7 Å². The maximum atomic E-state index is 12.1. The van der Waals surface area contributed by atoms with E-state index in [0.717, 1.165) is 12.8 Å². The minimum absolute atomic E-state index is 0.166. The summed E-state index contributed by atoms with van der Waals surface area (Å²) >= 11 is 0. The molecule has 1 aliphatic heterocycles. The number of hydrogen-bond donors (Lipinski definition) is 1. The fraction of sp³-hybridized carbons (Fsp3) is 1.00. The Bertz CT molecular complexity index is 211. The standard InChI is InChI=1S/C8H14BF3OP/c1-6-3-2-4-14(6,9)5-7(13)8(10,11)12/h6-7,13H,2-5H2,1H3/q+1. The molecule has 1 saturated heterocycles. The summed E-state index contributed by atoms with van der Waals surface area (Å²) in [5, 5.41) is 8.95. The summed E-state index contributed by atoms with van der Waals surface area (Å²) in [6.45, 7) is 1.89. The lowest BCUT2D eigenvalue weighted by Crippen LogP contribution is -2.34. The molecule has 0 amide bonds. The highest BCUT2D eigenvalue weighted by molar-refractivity contribution is 7.98. The number of aliphatic hydroxyl groups excluding tert-OH is 1. The molecule has 1 heterocycles. The van der Waals surface area contributed by atoms with Crippen LogP contribution in [-0.2, 0) is 0 Å². The summed E-state index contributed by atoms with van der Waals surface area (Å²) in [5.74, 6) is 0. The minimum Gasteiger partial charge on any atom is -0.381 e. The Morgan fingerprint density at radius 1 is 1.57 bits per heavy atom. The monoisotopic (exact) mass is 225 g/mol. The molecule has 3 atom stereocenters. The summed E-state index contributed by atoms with van der Waals surface area (Å²) in [4.78, 5) is 0. The number of rotatable bonds is 2. The van der Waals surface area contributed by atoms with E-state index in [4.69, 9.17) is 12.7 Å². The Morgan fingerprint density at radius 2 is 2.14 bits per heavy atom. The lowest BCUT2D eigenvalue weighted by Gasteiger charge is -2.26. The van der Waals surface area contributed by atoms with Crippen molar-refractivity contribution in [2.45, 2.75) is 37.7 Å². The van der Waals surface area contributed by atoms with Gasteiger partial charge in [0.1, 0.15) is 0 Å². The molecule has 0 aliphatic carbocycles. The van der Waals surface area contributed by atoms with Crippen molar-refractivity contribution in [3.63, 3.8) is 0 Å². The second-order valence-electron chi connectivity index (χ2n) is 4.06. The van der Waals surface area contributed by atoms with Crippen LogP contribution in [0.5, 0.6) is 0 Å². The first-order valence-corrected chi connectivity index (χ1v) is 6.95. The molecular weight excluding hydrogens is 211 g/mol. The van der Waals surface area contributed by atoms with Crippen molar-refractivity contribution in [1.29, 1.82) is 0 Å². The van der Waals surface area contributed by atoms with E-state index < -0.39 is 19.4 Å². The van der Waals surface area contributed by atoms with Gasteiger partial charge in [0, 0.05) is 6.16 Å². The van der Waals surface area contributed by atoms with Crippen molar-refractivity contribution in [2.75, 3.05) is 12.3 Å². The lowest BCUT2D eigenvalue weighted by atomic mass is 10.3. The molecule has 0 saturated carbocycles. The smallest absolute Gasteiger partial charge is 0.381 e. The maximum Gasteiger partial charge on any atom is 0.417 e. The second kappa shape index (κ2) is 4.01. The number of hydrogen-bond acceptors (Lipinski definition) is 1. The molecule has 0 bridgehead atoms. The number of alkyl halides is 3. The first-order chi connectivity index (χ1) is 6.26. The molecule has 0 spiro atoms. The largest absolute Gasteiger partial charge is 0.417 e. The summed E-state index contributed by atoms with van der Waals surface area (Å²) < 4.78 is 36.3. The average Bonchev–Trinajstić information content (AvgIpc) is 2.30. The van der Waals surface area contributed by atoms with Crippen LogP contribution in [0.4, 0.5) is 13.2 Å². The molecule has 1 rings (SSSR count). The van der Waals surface area contributed by atoms with E-state index in [1.54, 1.807) is 0 Å². The van der Waals surface area contributed by atoms with Crippen LogP contribution in [0.15, 0.2) is 0 Å². The van der Waals surface area contributed by atoms with Crippen LogP contribution in [0.25, 0.3) is 0 Å². The van der Waals surface area contributed by atoms with E-state index in [-0.39, 0.29) is 11.8 Å². The van der Waals surface area contributed by atoms with Gasteiger partial charge in [-0.3, -0.25) is 0 Å². The van der Waals surface area contributed by atoms with E-state index in [9.17, 15) is 13.2 Å². The predicted octanol–water partition coefficient (Wildman–Crippen LogP) is 2.19. The third-order valence-electron chi connectivity index (χ3n) is 2.96. The van der Waals surface area contributed by atoms with Crippen LogP contribution < -0.4 is 0 Å². The van der Waals surface area contributed by atoms with Gasteiger partial charge >= 0.3 is 13.7 Å². The molecule has 3 unspecified atom stereocenters. The highest BCUT2D eigenvalue weighted by atomic mass is 31.2. The molecule has 1 nitrogen and oxygen atoms in total. The summed E-state index contributed by atoms with van der Waals surface area (Å²) in [5.41, 5.74) is 0.166. The van der Waals surface area contributed by atoms with Crippen LogP contribution in [-0.4, -0.2) is 42.9 Å². The quantitative estimate of drug-likeness (QED) is 0.564. The molecule has 14 heavy (non-hydrogen) atoms. The Balaban J connectivity index is 2.59. The Labute approximate surface area is 83.8 Å². The topological polar surface area (TPSA) is 20.2 Å². The number of aliphatic hydroxyl groups is 1. The third-order valence-corrected chi connectivity index (χ3v) is 7.15. The first-order valence-electron chi connectivity index (χ1n) is 4.66. The van der Waals surface area contributed by atoms with Gasteiger partial charge in [-0.25, -0.2) is 0 Å². The molecule has 80 valence electrons. The summed E-state index contributed by atoms with van der Waals surface area (Å²) in [6.07, 6.45) is -4.54. The van der Waals surface area contributed by atoms with Gasteiger partial charge < -0.3 is 5.11 Å². The van der Waals surface area contributed by atoms with Crippen LogP contribution >= 0.6 is 7.14 Å². The molecule has 1 N–H and O–H groups in total. The summed E-state index contributed by atoms with van der Waals surface area (Å²) in [7, 11) is 3.92. The molecule has 0 aromatic heterocycles. The van der Waals surface area contributed by atoms with Crippen LogP contribution in [0.3, 0.4) is 0 Å². The third kappa shape index (κ3) is 2.63. The van der Waals surface area contributed by atoms with E-state index in [2.05, 4.69) is 0 Å².